The van der Waals surface area contributed by atoms with Crippen LogP contribution < -0.4 is 0 Å². The van der Waals surface area contributed by atoms with Crippen molar-refractivity contribution in [3.63, 3.8) is 0 Å². The van der Waals surface area contributed by atoms with Gasteiger partial charge in [-0.1, -0.05) is 0 Å². The Kier molecular flexibility index (Phi) is 2.26. The molecule has 0 heterocycles. The minimum atomic E-state index is -0.956. The number of phenols is 1. The van der Waals surface area contributed by atoms with E-state index in [9.17, 15) is 20.0 Å². The number of rotatable bonds is 3. The lowest BCUT2D eigenvalue weighted by Crippen LogP contribution is -2.01. The number of nitro benzene ring substituents is 1. The molecule has 2 N–H and O–H groups in total. The summed E-state index contributed by atoms with van der Waals surface area (Å²) < 4.78 is 0. The van der Waals surface area contributed by atoms with E-state index in [0.717, 1.165) is 0 Å². The number of carboxylic acids is 1. The maximum Gasteiger partial charge on any atom is 0.307 e. The molecular formula is C10H9NO5. The Morgan fingerprint density at radius 2 is 2.19 bits per heavy atom. The number of benzene rings is 1. The lowest BCUT2D eigenvalue weighted by atomic mass is 10.1. The van der Waals surface area contributed by atoms with Crippen molar-refractivity contribution in [2.45, 2.75) is 12.3 Å². The van der Waals surface area contributed by atoms with Crippen LogP contribution in [-0.2, 0) is 4.79 Å². The van der Waals surface area contributed by atoms with Crippen molar-refractivity contribution in [3.8, 4) is 5.75 Å². The molecule has 0 aliphatic heterocycles. The summed E-state index contributed by atoms with van der Waals surface area (Å²) in [4.78, 5) is 20.8. The molecule has 1 aliphatic rings. The zero-order valence-electron chi connectivity index (χ0n) is 8.16. The third kappa shape index (κ3) is 1.69. The van der Waals surface area contributed by atoms with Crippen molar-refractivity contribution < 1.29 is 19.9 Å². The topological polar surface area (TPSA) is 101 Å². The summed E-state index contributed by atoms with van der Waals surface area (Å²) >= 11 is 0. The lowest BCUT2D eigenvalue weighted by molar-refractivity contribution is -0.385. The highest BCUT2D eigenvalue weighted by Gasteiger charge is 2.47. The molecule has 0 aromatic heterocycles. The molecule has 6 heteroatoms. The van der Waals surface area contributed by atoms with Crippen molar-refractivity contribution in [3.05, 3.63) is 33.9 Å². The molecule has 1 aromatic rings. The second-order valence-electron chi connectivity index (χ2n) is 3.79. The van der Waals surface area contributed by atoms with Gasteiger partial charge in [0.15, 0.2) is 0 Å². The maximum atomic E-state index is 10.7. The van der Waals surface area contributed by atoms with Gasteiger partial charge in [-0.2, -0.15) is 0 Å². The van der Waals surface area contributed by atoms with Crippen LogP contribution >= 0.6 is 0 Å². The zero-order valence-corrected chi connectivity index (χ0v) is 8.16. The maximum absolute atomic E-state index is 10.7. The van der Waals surface area contributed by atoms with Crippen molar-refractivity contribution >= 4 is 11.7 Å². The van der Waals surface area contributed by atoms with Crippen LogP contribution in [0.2, 0.25) is 0 Å². The van der Waals surface area contributed by atoms with Crippen LogP contribution in [0.1, 0.15) is 17.9 Å². The van der Waals surface area contributed by atoms with E-state index in [4.69, 9.17) is 5.11 Å². The Morgan fingerprint density at radius 1 is 1.50 bits per heavy atom. The van der Waals surface area contributed by atoms with Gasteiger partial charge >= 0.3 is 5.97 Å². The average molecular weight is 223 g/mol. The number of hydrogen-bond donors (Lipinski definition) is 2. The predicted octanol–water partition coefficient (Wildman–Crippen LogP) is 1.49. The Morgan fingerprint density at radius 3 is 2.69 bits per heavy atom. The normalized spacial score (nSPS) is 22.8. The molecule has 1 fully saturated rings. The van der Waals surface area contributed by atoms with Crippen LogP contribution in [0.3, 0.4) is 0 Å². The van der Waals surface area contributed by atoms with E-state index in [1.165, 1.54) is 18.2 Å². The first-order chi connectivity index (χ1) is 7.50. The second kappa shape index (κ2) is 3.48. The van der Waals surface area contributed by atoms with Crippen LogP contribution in [0, 0.1) is 16.0 Å². The largest absolute Gasteiger partial charge is 0.508 e. The van der Waals surface area contributed by atoms with E-state index in [-0.39, 0.29) is 17.4 Å². The van der Waals surface area contributed by atoms with Gasteiger partial charge in [-0.25, -0.2) is 0 Å². The molecule has 0 saturated heterocycles. The van der Waals surface area contributed by atoms with Crippen molar-refractivity contribution in [1.29, 1.82) is 0 Å². The van der Waals surface area contributed by atoms with Crippen molar-refractivity contribution in [1.82, 2.24) is 0 Å². The first-order valence-corrected chi connectivity index (χ1v) is 4.71. The second-order valence-corrected chi connectivity index (χ2v) is 3.79. The third-order valence-electron chi connectivity index (χ3n) is 2.71. The van der Waals surface area contributed by atoms with E-state index in [2.05, 4.69) is 0 Å². The van der Waals surface area contributed by atoms with Gasteiger partial charge in [0.1, 0.15) is 5.75 Å². The molecule has 16 heavy (non-hydrogen) atoms. The molecule has 1 aromatic carbocycles. The molecule has 0 bridgehead atoms. The van der Waals surface area contributed by atoms with Gasteiger partial charge in [0.05, 0.1) is 10.8 Å². The molecule has 0 amide bonds. The molecule has 0 radical (unpaired) electrons. The number of carboxylic acid groups (broad SMARTS) is 1. The van der Waals surface area contributed by atoms with Gasteiger partial charge in [0.2, 0.25) is 0 Å². The first kappa shape index (κ1) is 10.4. The Hall–Kier alpha value is -2.11. The summed E-state index contributed by atoms with van der Waals surface area (Å²) in [7, 11) is 0. The number of carbonyl (C=O) groups is 1. The van der Waals surface area contributed by atoms with Gasteiger partial charge < -0.3 is 10.2 Å². The van der Waals surface area contributed by atoms with Crippen LogP contribution in [0.5, 0.6) is 5.75 Å². The van der Waals surface area contributed by atoms with E-state index < -0.39 is 16.8 Å². The quantitative estimate of drug-likeness (QED) is 0.597. The van der Waals surface area contributed by atoms with E-state index >= 15 is 0 Å². The smallest absolute Gasteiger partial charge is 0.307 e. The number of nitro groups is 1. The van der Waals surface area contributed by atoms with E-state index in [1.807, 2.05) is 0 Å². The monoisotopic (exact) mass is 223 g/mol. The van der Waals surface area contributed by atoms with Gasteiger partial charge in [-0.3, -0.25) is 14.9 Å². The average Bonchev–Trinajstić information content (AvgIpc) is 2.96. The Balaban J connectivity index is 2.37. The van der Waals surface area contributed by atoms with Crippen LogP contribution in [0.15, 0.2) is 18.2 Å². The highest BCUT2D eigenvalue weighted by molar-refractivity contribution is 5.76. The van der Waals surface area contributed by atoms with Gasteiger partial charge in [0.25, 0.3) is 5.69 Å². The molecule has 84 valence electrons. The number of aliphatic carboxylic acids is 1. The number of aromatic hydroxyl groups is 1. The van der Waals surface area contributed by atoms with Crippen molar-refractivity contribution in [2.75, 3.05) is 0 Å². The van der Waals surface area contributed by atoms with Crippen LogP contribution in [-0.4, -0.2) is 21.1 Å². The molecule has 0 unspecified atom stereocenters. The summed E-state index contributed by atoms with van der Waals surface area (Å²) in [6, 6.07) is 3.69. The Labute approximate surface area is 90.3 Å². The third-order valence-corrected chi connectivity index (χ3v) is 2.71. The number of nitrogens with zero attached hydrogens (tertiary/aromatic N) is 1. The number of hydrogen-bond acceptors (Lipinski definition) is 4. The summed E-state index contributed by atoms with van der Waals surface area (Å²) in [6.07, 6.45) is 0.389. The van der Waals surface area contributed by atoms with Crippen molar-refractivity contribution in [2.24, 2.45) is 5.92 Å². The predicted molar refractivity (Wildman–Crippen MR) is 53.2 cm³/mol. The molecule has 2 atom stereocenters. The molecular weight excluding hydrogens is 214 g/mol. The van der Waals surface area contributed by atoms with E-state index in [1.54, 1.807) is 0 Å². The highest BCUT2D eigenvalue weighted by atomic mass is 16.6. The zero-order chi connectivity index (χ0) is 11.9. The summed E-state index contributed by atoms with van der Waals surface area (Å²) in [5.41, 5.74) is 0.170. The van der Waals surface area contributed by atoms with Crippen LogP contribution in [0.4, 0.5) is 5.69 Å². The molecule has 0 spiro atoms. The minimum absolute atomic E-state index is 0.0864. The van der Waals surface area contributed by atoms with Gasteiger partial charge in [0, 0.05) is 17.5 Å². The van der Waals surface area contributed by atoms with E-state index in [0.29, 0.717) is 12.0 Å². The molecule has 1 saturated carbocycles. The fourth-order valence-corrected chi connectivity index (χ4v) is 1.82. The molecule has 6 nitrogen and oxygen atoms in total. The summed E-state index contributed by atoms with van der Waals surface area (Å²) in [5.74, 6) is -1.97. The molecule has 2 rings (SSSR count). The number of phenolic OH excluding ortho intramolecular Hbond substituents is 1. The standard InChI is InChI=1S/C10H9NO5/c12-5-1-2-9(11(15)16)7(3-5)6-4-8(6)10(13)14/h1-3,6,8,12H,4H2,(H,13,14)/t6-,8+/m0/s1. The van der Waals surface area contributed by atoms with Gasteiger partial charge in [-0.15, -0.1) is 0 Å². The SMILES string of the molecule is O=C(O)[C@@H]1C[C@H]1c1cc(O)ccc1[N+](=O)[O-]. The Bertz CT molecular complexity index is 470. The van der Waals surface area contributed by atoms with Gasteiger partial charge in [-0.05, 0) is 18.6 Å². The minimum Gasteiger partial charge on any atom is -0.508 e. The summed E-state index contributed by atoms with van der Waals surface area (Å²) in [5, 5.41) is 28.7. The first-order valence-electron chi connectivity index (χ1n) is 4.71. The summed E-state index contributed by atoms with van der Waals surface area (Å²) in [6.45, 7) is 0. The van der Waals surface area contributed by atoms with Crippen LogP contribution in [0.25, 0.3) is 0 Å². The fourth-order valence-electron chi connectivity index (χ4n) is 1.82. The fraction of sp³-hybridized carbons (Fsp3) is 0.300. The highest BCUT2D eigenvalue weighted by Crippen LogP contribution is 2.50. The molecule has 1 aliphatic carbocycles. The lowest BCUT2D eigenvalue weighted by Gasteiger charge is -2.01.